The van der Waals surface area contributed by atoms with Gasteiger partial charge in [-0.25, -0.2) is 9.03 Å². The van der Waals surface area contributed by atoms with Crippen molar-refractivity contribution in [2.75, 3.05) is 0 Å². The molecular formula is C22H20N4. The van der Waals surface area contributed by atoms with Crippen LogP contribution in [0.25, 0.3) is 33.2 Å². The lowest BCUT2D eigenvalue weighted by molar-refractivity contribution is 0.894. The first kappa shape index (κ1) is 15.1. The van der Waals surface area contributed by atoms with E-state index in [-0.39, 0.29) is 0 Å². The van der Waals surface area contributed by atoms with E-state index in [0.717, 1.165) is 28.1 Å². The van der Waals surface area contributed by atoms with E-state index < -0.39 is 0 Å². The maximum Gasteiger partial charge on any atom is 0.158 e. The van der Waals surface area contributed by atoms with Crippen LogP contribution in [-0.4, -0.2) is 19.2 Å². The number of nitrogens with zero attached hydrogens (tertiary/aromatic N) is 4. The first-order valence-electron chi connectivity index (χ1n) is 8.88. The molecule has 0 amide bonds. The molecule has 3 aromatic heterocycles. The zero-order valence-electron chi connectivity index (χ0n) is 15.4. The molecule has 0 aliphatic heterocycles. The normalized spacial score (nSPS) is 11.8. The van der Waals surface area contributed by atoms with E-state index in [9.17, 15) is 0 Å². The van der Waals surface area contributed by atoms with Crippen LogP contribution in [0, 0.1) is 27.7 Å². The Morgan fingerprint density at radius 2 is 1.35 bits per heavy atom. The molecule has 0 atom stereocenters. The van der Waals surface area contributed by atoms with Crippen LogP contribution in [0.2, 0.25) is 0 Å². The second-order valence-electron chi connectivity index (χ2n) is 7.09. The van der Waals surface area contributed by atoms with Crippen molar-refractivity contribution in [3.8, 4) is 11.1 Å². The Hall–Kier alpha value is -3.14. The second-order valence-corrected chi connectivity index (χ2v) is 7.09. The van der Waals surface area contributed by atoms with Crippen LogP contribution in [0.4, 0.5) is 0 Å². The Morgan fingerprint density at radius 1 is 0.692 bits per heavy atom. The Bertz CT molecular complexity index is 1320. The molecule has 0 aliphatic carbocycles. The van der Waals surface area contributed by atoms with Crippen LogP contribution in [0.15, 0.2) is 48.5 Å². The highest BCUT2D eigenvalue weighted by Crippen LogP contribution is 2.35. The van der Waals surface area contributed by atoms with Crippen LogP contribution in [0.3, 0.4) is 0 Å². The maximum atomic E-state index is 4.74. The van der Waals surface area contributed by atoms with Gasteiger partial charge in [0.15, 0.2) is 5.65 Å². The van der Waals surface area contributed by atoms with E-state index in [1.165, 1.54) is 27.6 Å². The maximum absolute atomic E-state index is 4.74. The molecule has 0 saturated carbocycles. The molecule has 0 saturated heterocycles. The first-order valence-corrected chi connectivity index (χ1v) is 8.88. The van der Waals surface area contributed by atoms with Crippen LogP contribution in [0.5, 0.6) is 0 Å². The Balaban J connectivity index is 2.06. The fourth-order valence-corrected chi connectivity index (χ4v) is 3.92. The molecule has 5 aromatic rings. The average Bonchev–Trinajstić information content (AvgIpc) is 3.19. The number of benzene rings is 2. The fraction of sp³-hybridized carbons (Fsp3) is 0.182. The van der Waals surface area contributed by atoms with Crippen LogP contribution < -0.4 is 0 Å². The third-order valence-corrected chi connectivity index (χ3v) is 5.28. The largest absolute Gasteiger partial charge is 0.214 e. The van der Waals surface area contributed by atoms with Crippen molar-refractivity contribution in [2.24, 2.45) is 0 Å². The highest BCUT2D eigenvalue weighted by atomic mass is 15.3. The summed E-state index contributed by atoms with van der Waals surface area (Å²) in [6.07, 6.45) is 0. The van der Waals surface area contributed by atoms with Gasteiger partial charge in [-0.2, -0.15) is 10.2 Å². The molecule has 0 N–H and O–H groups in total. The summed E-state index contributed by atoms with van der Waals surface area (Å²) in [6.45, 7) is 8.42. The summed E-state index contributed by atoms with van der Waals surface area (Å²) >= 11 is 0. The lowest BCUT2D eigenvalue weighted by atomic mass is 9.94. The molecule has 4 heteroatoms. The van der Waals surface area contributed by atoms with Crippen LogP contribution in [-0.2, 0) is 0 Å². The SMILES string of the molecule is Cc1cc2n(n1)c1cccc(-c3cccc(C)c3C)c1c1cc(C)nn12. The number of rotatable bonds is 1. The fourth-order valence-electron chi connectivity index (χ4n) is 3.92. The van der Waals surface area contributed by atoms with Crippen molar-refractivity contribution < 1.29 is 0 Å². The lowest BCUT2D eigenvalue weighted by Gasteiger charge is -2.14. The third-order valence-electron chi connectivity index (χ3n) is 5.28. The summed E-state index contributed by atoms with van der Waals surface area (Å²) in [7, 11) is 0. The molecule has 3 heterocycles. The zero-order valence-corrected chi connectivity index (χ0v) is 15.4. The summed E-state index contributed by atoms with van der Waals surface area (Å²) in [5.74, 6) is 0. The minimum Gasteiger partial charge on any atom is -0.214 e. The molecule has 0 unspecified atom stereocenters. The Labute approximate surface area is 151 Å². The molecule has 4 nitrogen and oxygen atoms in total. The number of aromatic nitrogens is 4. The molecule has 0 aliphatic rings. The molecule has 0 spiro atoms. The van der Waals surface area contributed by atoms with Gasteiger partial charge >= 0.3 is 0 Å². The van der Waals surface area contributed by atoms with Gasteiger partial charge in [-0.05, 0) is 62.1 Å². The monoisotopic (exact) mass is 340 g/mol. The topological polar surface area (TPSA) is 34.6 Å². The van der Waals surface area contributed by atoms with E-state index in [1.54, 1.807) is 0 Å². The van der Waals surface area contributed by atoms with Crippen LogP contribution >= 0.6 is 0 Å². The number of fused-ring (bicyclic) bond motifs is 6. The van der Waals surface area contributed by atoms with Crippen molar-refractivity contribution in [1.82, 2.24) is 19.2 Å². The van der Waals surface area contributed by atoms with Gasteiger partial charge in [0.2, 0.25) is 0 Å². The van der Waals surface area contributed by atoms with Crippen molar-refractivity contribution >= 4 is 22.1 Å². The predicted molar refractivity (Wildman–Crippen MR) is 106 cm³/mol. The highest BCUT2D eigenvalue weighted by molar-refractivity contribution is 6.06. The molecule has 2 aromatic carbocycles. The lowest BCUT2D eigenvalue weighted by Crippen LogP contribution is -2.00. The Morgan fingerprint density at radius 3 is 2.15 bits per heavy atom. The van der Waals surface area contributed by atoms with Crippen molar-refractivity contribution in [3.63, 3.8) is 0 Å². The molecular weight excluding hydrogens is 320 g/mol. The van der Waals surface area contributed by atoms with E-state index in [0.29, 0.717) is 0 Å². The first-order chi connectivity index (χ1) is 12.5. The van der Waals surface area contributed by atoms with Crippen molar-refractivity contribution in [1.29, 1.82) is 0 Å². The minimum absolute atomic E-state index is 0.990. The molecule has 5 rings (SSSR count). The number of hydrogen-bond acceptors (Lipinski definition) is 2. The van der Waals surface area contributed by atoms with Gasteiger partial charge in [0.25, 0.3) is 0 Å². The third kappa shape index (κ3) is 1.96. The summed E-state index contributed by atoms with van der Waals surface area (Å²) in [6, 6.07) is 17.2. The Kier molecular flexibility index (Phi) is 3.02. The summed E-state index contributed by atoms with van der Waals surface area (Å²) < 4.78 is 4.03. The van der Waals surface area contributed by atoms with Gasteiger partial charge in [0.1, 0.15) is 0 Å². The van der Waals surface area contributed by atoms with Gasteiger partial charge < -0.3 is 0 Å². The predicted octanol–water partition coefficient (Wildman–Crippen LogP) is 5.04. The van der Waals surface area contributed by atoms with Gasteiger partial charge in [0.05, 0.1) is 22.4 Å². The average molecular weight is 340 g/mol. The molecule has 0 fully saturated rings. The summed E-state index contributed by atoms with van der Waals surface area (Å²) in [4.78, 5) is 0. The quantitative estimate of drug-likeness (QED) is 0.429. The van der Waals surface area contributed by atoms with Crippen molar-refractivity contribution in [3.05, 3.63) is 71.0 Å². The van der Waals surface area contributed by atoms with E-state index in [1.807, 2.05) is 22.9 Å². The standard InChI is InChI=1S/C22H20N4/c1-13-7-5-8-17(16(13)4)18-9-6-10-19-22(18)20-11-14(2)23-26(20)21-12-15(3)24-25(19)21/h5-12H,1-4H3. The summed E-state index contributed by atoms with van der Waals surface area (Å²) in [5, 5.41) is 10.7. The number of aryl methyl sites for hydroxylation is 3. The van der Waals surface area contributed by atoms with Gasteiger partial charge in [-0.1, -0.05) is 30.3 Å². The number of hydrogen-bond donors (Lipinski definition) is 0. The second kappa shape index (κ2) is 5.18. The minimum atomic E-state index is 0.990. The van der Waals surface area contributed by atoms with Crippen LogP contribution in [0.1, 0.15) is 22.5 Å². The molecule has 26 heavy (non-hydrogen) atoms. The zero-order chi connectivity index (χ0) is 18.0. The summed E-state index contributed by atoms with van der Waals surface area (Å²) in [5.41, 5.74) is 10.3. The van der Waals surface area contributed by atoms with E-state index in [2.05, 4.69) is 62.4 Å². The molecule has 128 valence electrons. The van der Waals surface area contributed by atoms with E-state index in [4.69, 9.17) is 10.2 Å². The highest BCUT2D eigenvalue weighted by Gasteiger charge is 2.17. The molecule has 0 bridgehead atoms. The van der Waals surface area contributed by atoms with Gasteiger partial charge in [-0.3, -0.25) is 0 Å². The van der Waals surface area contributed by atoms with Gasteiger partial charge in [-0.15, -0.1) is 0 Å². The van der Waals surface area contributed by atoms with E-state index >= 15 is 0 Å². The van der Waals surface area contributed by atoms with Gasteiger partial charge in [0, 0.05) is 11.5 Å². The molecule has 0 radical (unpaired) electrons. The van der Waals surface area contributed by atoms with Crippen molar-refractivity contribution in [2.45, 2.75) is 27.7 Å². The smallest absolute Gasteiger partial charge is 0.158 e.